The van der Waals surface area contributed by atoms with Crippen LogP contribution in [-0.2, 0) is 24.3 Å². The van der Waals surface area contributed by atoms with Gasteiger partial charge in [0.05, 0.1) is 13.2 Å². The Kier molecular flexibility index (Phi) is 8.35. The van der Waals surface area contributed by atoms with E-state index in [1.54, 1.807) is 11.3 Å². The van der Waals surface area contributed by atoms with Crippen LogP contribution in [0.2, 0.25) is 0 Å². The quantitative estimate of drug-likeness (QED) is 0.539. The van der Waals surface area contributed by atoms with Gasteiger partial charge in [-0.3, -0.25) is 0 Å². The molecule has 0 atom stereocenters. The molecule has 2 aromatic rings. The summed E-state index contributed by atoms with van der Waals surface area (Å²) in [6.45, 7) is 7.85. The molecule has 0 spiro atoms. The van der Waals surface area contributed by atoms with Crippen molar-refractivity contribution in [3.8, 4) is 0 Å². The Morgan fingerprint density at radius 1 is 1.08 bits per heavy atom. The molecule has 0 fully saturated rings. The summed E-state index contributed by atoms with van der Waals surface area (Å²) in [5, 5.41) is 8.83. The van der Waals surface area contributed by atoms with Crippen LogP contribution >= 0.6 is 11.3 Å². The zero-order chi connectivity index (χ0) is 17.0. The number of benzene rings is 1. The minimum Gasteiger partial charge on any atom is -0.377 e. The van der Waals surface area contributed by atoms with Gasteiger partial charge in [0.1, 0.15) is 0 Å². The molecule has 0 saturated carbocycles. The second-order valence-electron chi connectivity index (χ2n) is 5.36. The van der Waals surface area contributed by atoms with E-state index in [-0.39, 0.29) is 0 Å². The number of hydrogen-bond acceptors (Lipinski definition) is 3. The van der Waals surface area contributed by atoms with Gasteiger partial charge in [-0.15, -0.1) is 11.3 Å². The molecule has 0 saturated heterocycles. The maximum Gasteiger partial charge on any atom is 0.191 e. The number of nitrogens with one attached hydrogen (secondary N) is 2. The summed E-state index contributed by atoms with van der Waals surface area (Å²) < 4.78 is 5.54. The number of hydrogen-bond donors (Lipinski definition) is 2. The van der Waals surface area contributed by atoms with E-state index < -0.39 is 0 Å². The molecular weight excluding hydrogens is 318 g/mol. The van der Waals surface area contributed by atoms with Crippen LogP contribution < -0.4 is 10.6 Å². The second kappa shape index (κ2) is 10.8. The van der Waals surface area contributed by atoms with E-state index in [0.717, 1.165) is 32.1 Å². The van der Waals surface area contributed by atoms with Gasteiger partial charge in [0.2, 0.25) is 0 Å². The van der Waals surface area contributed by atoms with Crippen molar-refractivity contribution < 1.29 is 4.74 Å². The lowest BCUT2D eigenvalue weighted by molar-refractivity contribution is 0.133. The van der Waals surface area contributed by atoms with Gasteiger partial charge in [-0.1, -0.05) is 30.3 Å². The van der Waals surface area contributed by atoms with Crippen LogP contribution in [0.5, 0.6) is 0 Å². The summed E-state index contributed by atoms with van der Waals surface area (Å²) in [5.74, 6) is 0.861. The van der Waals surface area contributed by atoms with E-state index in [9.17, 15) is 0 Å². The first-order chi connectivity index (χ1) is 11.8. The van der Waals surface area contributed by atoms with E-state index in [2.05, 4.69) is 53.3 Å². The zero-order valence-electron chi connectivity index (χ0n) is 14.5. The highest BCUT2D eigenvalue weighted by atomic mass is 32.1. The average molecular weight is 346 g/mol. The molecule has 0 amide bonds. The third-order valence-electron chi connectivity index (χ3n) is 3.58. The minimum absolute atomic E-state index is 0.643. The van der Waals surface area contributed by atoms with Gasteiger partial charge in [0.25, 0.3) is 0 Å². The highest BCUT2D eigenvalue weighted by Crippen LogP contribution is 2.11. The van der Waals surface area contributed by atoms with Gasteiger partial charge in [-0.2, -0.15) is 0 Å². The summed E-state index contributed by atoms with van der Waals surface area (Å²) >= 11 is 1.79. The van der Waals surface area contributed by atoms with Gasteiger partial charge >= 0.3 is 0 Å². The van der Waals surface area contributed by atoms with Crippen LogP contribution in [0.25, 0.3) is 0 Å². The van der Waals surface area contributed by atoms with E-state index >= 15 is 0 Å². The van der Waals surface area contributed by atoms with E-state index in [1.165, 1.54) is 16.0 Å². The lowest BCUT2D eigenvalue weighted by Gasteiger charge is -2.12. The maximum atomic E-state index is 5.54. The first-order valence-corrected chi connectivity index (χ1v) is 9.40. The molecule has 2 rings (SSSR count). The average Bonchev–Trinajstić information content (AvgIpc) is 3.12. The van der Waals surface area contributed by atoms with Crippen molar-refractivity contribution in [2.75, 3.05) is 19.7 Å². The SMILES string of the molecule is CCNC(=NCc1ccccc1COCC)NCCc1cccs1. The smallest absolute Gasteiger partial charge is 0.191 e. The number of guanidine groups is 1. The first kappa shape index (κ1) is 18.5. The Morgan fingerprint density at radius 3 is 2.62 bits per heavy atom. The highest BCUT2D eigenvalue weighted by Gasteiger charge is 2.03. The molecule has 0 radical (unpaired) electrons. The van der Waals surface area contributed by atoms with Crippen LogP contribution in [-0.4, -0.2) is 25.7 Å². The first-order valence-electron chi connectivity index (χ1n) is 8.52. The summed E-state index contributed by atoms with van der Waals surface area (Å²) in [5.41, 5.74) is 2.42. The summed E-state index contributed by atoms with van der Waals surface area (Å²) in [4.78, 5) is 6.10. The summed E-state index contributed by atoms with van der Waals surface area (Å²) in [7, 11) is 0. The number of aliphatic imine (C=N–C) groups is 1. The maximum absolute atomic E-state index is 5.54. The standard InChI is InChI=1S/C19H27N3OS/c1-3-20-19(21-12-11-18-10-7-13-24-18)22-14-16-8-5-6-9-17(16)15-23-4-2/h5-10,13H,3-4,11-12,14-15H2,1-2H3,(H2,20,21,22). The lowest BCUT2D eigenvalue weighted by Crippen LogP contribution is -2.38. The number of ether oxygens (including phenoxy) is 1. The van der Waals surface area contributed by atoms with Crippen molar-refractivity contribution in [2.24, 2.45) is 4.99 Å². The minimum atomic E-state index is 0.643. The zero-order valence-corrected chi connectivity index (χ0v) is 15.4. The molecule has 0 unspecified atom stereocenters. The molecular formula is C19H27N3OS. The molecule has 24 heavy (non-hydrogen) atoms. The molecule has 0 aliphatic rings. The Hall–Kier alpha value is -1.85. The summed E-state index contributed by atoms with van der Waals surface area (Å²) in [6.07, 6.45) is 1.02. The number of rotatable bonds is 9. The van der Waals surface area contributed by atoms with Crippen molar-refractivity contribution in [3.05, 3.63) is 57.8 Å². The molecule has 4 nitrogen and oxygen atoms in total. The van der Waals surface area contributed by atoms with Gasteiger partial charge < -0.3 is 15.4 Å². The Bertz CT molecular complexity index is 611. The van der Waals surface area contributed by atoms with Crippen LogP contribution in [0.1, 0.15) is 29.9 Å². The largest absolute Gasteiger partial charge is 0.377 e. The summed E-state index contributed by atoms with van der Waals surface area (Å²) in [6, 6.07) is 12.6. The highest BCUT2D eigenvalue weighted by molar-refractivity contribution is 7.09. The van der Waals surface area contributed by atoms with Gasteiger partial charge in [-0.25, -0.2) is 4.99 Å². The Balaban J connectivity index is 1.92. The number of thiophene rings is 1. The van der Waals surface area contributed by atoms with E-state index in [1.807, 2.05) is 13.0 Å². The molecule has 5 heteroatoms. The number of nitrogens with zero attached hydrogens (tertiary/aromatic N) is 1. The van der Waals surface area contributed by atoms with Gasteiger partial charge in [0, 0.05) is 24.6 Å². The monoisotopic (exact) mass is 345 g/mol. The van der Waals surface area contributed by atoms with Gasteiger partial charge in [0.15, 0.2) is 5.96 Å². The fourth-order valence-corrected chi connectivity index (χ4v) is 3.04. The third kappa shape index (κ3) is 6.34. The predicted octanol–water partition coefficient (Wildman–Crippen LogP) is 3.58. The Labute approximate surface area is 149 Å². The molecule has 1 heterocycles. The van der Waals surface area contributed by atoms with Crippen molar-refractivity contribution in [1.82, 2.24) is 10.6 Å². The van der Waals surface area contributed by atoms with Gasteiger partial charge in [-0.05, 0) is 42.8 Å². The van der Waals surface area contributed by atoms with E-state index in [0.29, 0.717) is 13.2 Å². The molecule has 1 aromatic heterocycles. The predicted molar refractivity (Wildman–Crippen MR) is 103 cm³/mol. The fourth-order valence-electron chi connectivity index (χ4n) is 2.33. The molecule has 0 bridgehead atoms. The van der Waals surface area contributed by atoms with Crippen molar-refractivity contribution in [2.45, 2.75) is 33.4 Å². The fraction of sp³-hybridized carbons (Fsp3) is 0.421. The van der Waals surface area contributed by atoms with Crippen LogP contribution in [0.15, 0.2) is 46.8 Å². The van der Waals surface area contributed by atoms with E-state index in [4.69, 9.17) is 9.73 Å². The van der Waals surface area contributed by atoms with Crippen LogP contribution in [0, 0.1) is 0 Å². The molecule has 2 N–H and O–H groups in total. The molecule has 0 aliphatic heterocycles. The molecule has 0 aliphatic carbocycles. The third-order valence-corrected chi connectivity index (χ3v) is 4.51. The second-order valence-corrected chi connectivity index (χ2v) is 6.39. The van der Waals surface area contributed by atoms with Crippen molar-refractivity contribution >= 4 is 17.3 Å². The molecule has 130 valence electrons. The lowest BCUT2D eigenvalue weighted by atomic mass is 10.1. The van der Waals surface area contributed by atoms with Crippen LogP contribution in [0.4, 0.5) is 0 Å². The molecule has 1 aromatic carbocycles. The van der Waals surface area contributed by atoms with Crippen LogP contribution in [0.3, 0.4) is 0 Å². The van der Waals surface area contributed by atoms with Crippen molar-refractivity contribution in [1.29, 1.82) is 0 Å². The Morgan fingerprint density at radius 2 is 1.92 bits per heavy atom. The topological polar surface area (TPSA) is 45.7 Å². The van der Waals surface area contributed by atoms with Crippen molar-refractivity contribution in [3.63, 3.8) is 0 Å². The normalized spacial score (nSPS) is 11.5.